The molecule has 23 heavy (non-hydrogen) atoms. The van der Waals surface area contributed by atoms with Gasteiger partial charge in [0.2, 0.25) is 5.95 Å². The topological polar surface area (TPSA) is 99.7 Å². The Kier molecular flexibility index (Phi) is 3.68. The SMILES string of the molecule is Cn1c(N/N=C/c2ccc(O)cc2O)nc2ccccc2c1=O. The van der Waals surface area contributed by atoms with Crippen molar-refractivity contribution < 1.29 is 10.2 Å². The van der Waals surface area contributed by atoms with Crippen LogP contribution in [0.3, 0.4) is 0 Å². The maximum absolute atomic E-state index is 12.2. The predicted octanol–water partition coefficient (Wildman–Crippen LogP) is 1.79. The molecule has 0 saturated carbocycles. The molecule has 0 radical (unpaired) electrons. The molecule has 1 aromatic heterocycles. The van der Waals surface area contributed by atoms with Crippen LogP contribution in [-0.4, -0.2) is 26.0 Å². The van der Waals surface area contributed by atoms with E-state index < -0.39 is 0 Å². The van der Waals surface area contributed by atoms with Gasteiger partial charge in [0.05, 0.1) is 17.1 Å². The van der Waals surface area contributed by atoms with Crippen LogP contribution < -0.4 is 11.0 Å². The Bertz CT molecular complexity index is 963. The number of phenols is 2. The van der Waals surface area contributed by atoms with Crippen molar-refractivity contribution in [3.8, 4) is 11.5 Å². The van der Waals surface area contributed by atoms with E-state index in [2.05, 4.69) is 15.5 Å². The summed E-state index contributed by atoms with van der Waals surface area (Å²) in [5, 5.41) is 23.4. The Labute approximate surface area is 131 Å². The van der Waals surface area contributed by atoms with Gasteiger partial charge >= 0.3 is 0 Å². The minimum Gasteiger partial charge on any atom is -0.508 e. The largest absolute Gasteiger partial charge is 0.508 e. The summed E-state index contributed by atoms with van der Waals surface area (Å²) >= 11 is 0. The summed E-state index contributed by atoms with van der Waals surface area (Å²) in [5.41, 5.74) is 3.49. The lowest BCUT2D eigenvalue weighted by molar-refractivity contribution is 0.450. The maximum atomic E-state index is 12.2. The van der Waals surface area contributed by atoms with Gasteiger partial charge in [-0.2, -0.15) is 5.10 Å². The number of anilines is 1. The second kappa shape index (κ2) is 5.80. The van der Waals surface area contributed by atoms with Gasteiger partial charge in [0.15, 0.2) is 0 Å². The second-order valence-electron chi connectivity index (χ2n) is 4.93. The van der Waals surface area contributed by atoms with Crippen LogP contribution in [0, 0.1) is 0 Å². The third-order valence-electron chi connectivity index (χ3n) is 3.37. The highest BCUT2D eigenvalue weighted by molar-refractivity contribution is 5.84. The highest BCUT2D eigenvalue weighted by Gasteiger charge is 2.06. The lowest BCUT2D eigenvalue weighted by atomic mass is 10.2. The number of rotatable bonds is 3. The van der Waals surface area contributed by atoms with Crippen molar-refractivity contribution in [3.05, 3.63) is 58.4 Å². The fraction of sp³-hybridized carbons (Fsp3) is 0.0625. The van der Waals surface area contributed by atoms with E-state index in [-0.39, 0.29) is 23.0 Å². The first-order valence-corrected chi connectivity index (χ1v) is 6.83. The van der Waals surface area contributed by atoms with Gasteiger partial charge < -0.3 is 10.2 Å². The molecule has 0 bridgehead atoms. The molecule has 0 amide bonds. The average Bonchev–Trinajstić information content (AvgIpc) is 2.54. The molecule has 3 rings (SSSR count). The Morgan fingerprint density at radius 1 is 1.22 bits per heavy atom. The number of nitrogens with one attached hydrogen (secondary N) is 1. The van der Waals surface area contributed by atoms with E-state index in [1.165, 1.54) is 29.0 Å². The smallest absolute Gasteiger partial charge is 0.262 e. The summed E-state index contributed by atoms with van der Waals surface area (Å²) < 4.78 is 1.36. The van der Waals surface area contributed by atoms with Crippen molar-refractivity contribution in [2.24, 2.45) is 12.1 Å². The third-order valence-corrected chi connectivity index (χ3v) is 3.37. The fourth-order valence-electron chi connectivity index (χ4n) is 2.12. The standard InChI is InChI=1S/C16H14N4O3/c1-20-15(23)12-4-2-3-5-13(12)18-16(20)19-17-9-10-6-7-11(21)8-14(10)22/h2-9,21-22H,1H3,(H,18,19)/b17-9+. The number of hydrogen-bond donors (Lipinski definition) is 3. The zero-order valence-corrected chi connectivity index (χ0v) is 12.3. The van der Waals surface area contributed by atoms with Crippen LogP contribution in [0.1, 0.15) is 5.56 Å². The summed E-state index contributed by atoms with van der Waals surface area (Å²) in [6.45, 7) is 0. The Morgan fingerprint density at radius 3 is 2.78 bits per heavy atom. The van der Waals surface area contributed by atoms with E-state index in [4.69, 9.17) is 0 Å². The molecule has 0 fully saturated rings. The van der Waals surface area contributed by atoms with Gasteiger partial charge in [0.25, 0.3) is 5.56 Å². The number of aromatic hydroxyl groups is 2. The molecule has 0 aliphatic carbocycles. The number of hydrazone groups is 1. The fourth-order valence-corrected chi connectivity index (χ4v) is 2.12. The van der Waals surface area contributed by atoms with Gasteiger partial charge in [0.1, 0.15) is 11.5 Å². The molecule has 0 aliphatic rings. The monoisotopic (exact) mass is 310 g/mol. The summed E-state index contributed by atoms with van der Waals surface area (Å²) in [6, 6.07) is 11.2. The molecule has 1 heterocycles. The van der Waals surface area contributed by atoms with Crippen LogP contribution in [0.25, 0.3) is 10.9 Å². The summed E-state index contributed by atoms with van der Waals surface area (Å²) in [4.78, 5) is 16.6. The van der Waals surface area contributed by atoms with Crippen molar-refractivity contribution in [1.29, 1.82) is 0 Å². The second-order valence-corrected chi connectivity index (χ2v) is 4.93. The number of phenolic OH excluding ortho intramolecular Hbond substituents is 2. The van der Waals surface area contributed by atoms with E-state index in [1.807, 2.05) is 0 Å². The lowest BCUT2D eigenvalue weighted by Crippen LogP contribution is -2.21. The molecular weight excluding hydrogens is 296 g/mol. The summed E-state index contributed by atoms with van der Waals surface area (Å²) in [7, 11) is 1.59. The molecule has 0 aliphatic heterocycles. The molecule has 2 aromatic carbocycles. The predicted molar refractivity (Wildman–Crippen MR) is 88.0 cm³/mol. The van der Waals surface area contributed by atoms with Gasteiger partial charge in [-0.3, -0.25) is 9.36 Å². The Hall–Kier alpha value is -3.35. The summed E-state index contributed by atoms with van der Waals surface area (Å²) in [6.07, 6.45) is 1.37. The molecule has 0 spiro atoms. The minimum absolute atomic E-state index is 0.0359. The van der Waals surface area contributed by atoms with Crippen LogP contribution in [0.5, 0.6) is 11.5 Å². The third kappa shape index (κ3) is 2.84. The van der Waals surface area contributed by atoms with Crippen LogP contribution in [0.4, 0.5) is 5.95 Å². The molecule has 0 saturated heterocycles. The van der Waals surface area contributed by atoms with Gasteiger partial charge in [-0.05, 0) is 24.3 Å². The van der Waals surface area contributed by atoms with Crippen molar-refractivity contribution in [3.63, 3.8) is 0 Å². The van der Waals surface area contributed by atoms with Crippen LogP contribution in [0.2, 0.25) is 0 Å². The molecule has 3 N–H and O–H groups in total. The Balaban J connectivity index is 1.91. The van der Waals surface area contributed by atoms with Crippen molar-refractivity contribution >= 4 is 23.1 Å². The molecule has 0 unspecified atom stereocenters. The van der Waals surface area contributed by atoms with E-state index in [0.29, 0.717) is 16.5 Å². The first kappa shape index (κ1) is 14.6. The molecule has 7 nitrogen and oxygen atoms in total. The number of para-hydroxylation sites is 1. The van der Waals surface area contributed by atoms with Crippen molar-refractivity contribution in [2.75, 3.05) is 5.43 Å². The van der Waals surface area contributed by atoms with E-state index in [0.717, 1.165) is 0 Å². The molecule has 0 atom stereocenters. The van der Waals surface area contributed by atoms with Gasteiger partial charge in [-0.1, -0.05) is 12.1 Å². The van der Waals surface area contributed by atoms with E-state index >= 15 is 0 Å². The zero-order chi connectivity index (χ0) is 16.4. The highest BCUT2D eigenvalue weighted by atomic mass is 16.3. The van der Waals surface area contributed by atoms with Gasteiger partial charge in [-0.15, -0.1) is 0 Å². The molecular formula is C16H14N4O3. The molecule has 3 aromatic rings. The quantitative estimate of drug-likeness (QED) is 0.506. The average molecular weight is 310 g/mol. The molecule has 116 valence electrons. The number of fused-ring (bicyclic) bond motifs is 1. The first-order chi connectivity index (χ1) is 11.1. The maximum Gasteiger partial charge on any atom is 0.262 e. The van der Waals surface area contributed by atoms with Crippen molar-refractivity contribution in [2.45, 2.75) is 0 Å². The number of aromatic nitrogens is 2. The summed E-state index contributed by atoms with van der Waals surface area (Å²) in [5.74, 6) is 0.144. The minimum atomic E-state index is -0.180. The van der Waals surface area contributed by atoms with Crippen LogP contribution in [0.15, 0.2) is 52.4 Å². The van der Waals surface area contributed by atoms with E-state index in [9.17, 15) is 15.0 Å². The van der Waals surface area contributed by atoms with Crippen molar-refractivity contribution in [1.82, 2.24) is 9.55 Å². The van der Waals surface area contributed by atoms with Gasteiger partial charge in [-0.25, -0.2) is 10.4 Å². The number of nitrogens with zero attached hydrogens (tertiary/aromatic N) is 3. The number of benzene rings is 2. The normalized spacial score (nSPS) is 11.2. The Morgan fingerprint density at radius 2 is 2.00 bits per heavy atom. The van der Waals surface area contributed by atoms with E-state index in [1.54, 1.807) is 31.3 Å². The van der Waals surface area contributed by atoms with Crippen LogP contribution in [-0.2, 0) is 7.05 Å². The first-order valence-electron chi connectivity index (χ1n) is 6.83. The van der Waals surface area contributed by atoms with Gasteiger partial charge in [0, 0.05) is 18.7 Å². The number of hydrogen-bond acceptors (Lipinski definition) is 6. The highest BCUT2D eigenvalue weighted by Crippen LogP contribution is 2.20. The lowest BCUT2D eigenvalue weighted by Gasteiger charge is -2.07. The molecule has 7 heteroatoms. The van der Waals surface area contributed by atoms with Crippen LogP contribution >= 0.6 is 0 Å². The zero-order valence-electron chi connectivity index (χ0n) is 12.3.